The van der Waals surface area contributed by atoms with E-state index in [1.165, 1.54) is 6.42 Å². The van der Waals surface area contributed by atoms with Crippen LogP contribution in [-0.4, -0.2) is 74.9 Å². The molecule has 0 bridgehead atoms. The molecule has 1 aliphatic heterocycles. The van der Waals surface area contributed by atoms with Crippen molar-refractivity contribution >= 4 is 8.32 Å². The van der Waals surface area contributed by atoms with Crippen molar-refractivity contribution in [2.45, 2.75) is 121 Å². The van der Waals surface area contributed by atoms with Gasteiger partial charge in [0.1, 0.15) is 22.7 Å². The van der Waals surface area contributed by atoms with Crippen molar-refractivity contribution in [2.24, 2.45) is 0 Å². The smallest absolute Gasteiger partial charge is 0.330 e. The number of benzene rings is 3. The van der Waals surface area contributed by atoms with E-state index in [4.69, 9.17) is 23.4 Å². The lowest BCUT2D eigenvalue weighted by atomic mass is 9.79. The van der Waals surface area contributed by atoms with E-state index in [0.29, 0.717) is 41.3 Å². The van der Waals surface area contributed by atoms with E-state index in [9.17, 15) is 9.59 Å². The average molecular weight is 812 g/mol. The molecule has 314 valence electrons. The molecule has 0 unspecified atom stereocenters. The number of ether oxygens (including phenoxy) is 4. The van der Waals surface area contributed by atoms with Gasteiger partial charge in [-0.2, -0.15) is 0 Å². The summed E-state index contributed by atoms with van der Waals surface area (Å²) in [4.78, 5) is 31.4. The van der Waals surface area contributed by atoms with E-state index in [2.05, 4.69) is 87.8 Å². The maximum atomic E-state index is 13.7. The monoisotopic (exact) mass is 811 g/mol. The van der Waals surface area contributed by atoms with Crippen LogP contribution >= 0.6 is 0 Å². The van der Waals surface area contributed by atoms with Crippen LogP contribution in [-0.2, 0) is 19.5 Å². The Morgan fingerprint density at radius 3 is 1.83 bits per heavy atom. The third kappa shape index (κ3) is 8.80. The van der Waals surface area contributed by atoms with Crippen LogP contribution in [0.25, 0.3) is 0 Å². The molecule has 2 atom stereocenters. The van der Waals surface area contributed by atoms with Crippen LogP contribution in [0.5, 0.6) is 11.5 Å². The minimum atomic E-state index is -2.43. The van der Waals surface area contributed by atoms with E-state index in [1.807, 2.05) is 42.5 Å². The zero-order chi connectivity index (χ0) is 41.7. The number of methoxy groups -OCH3 is 2. The lowest BCUT2D eigenvalue weighted by molar-refractivity contribution is -0.234. The average Bonchev–Trinajstić information content (AvgIpc) is 3.23. The highest BCUT2D eigenvalue weighted by Gasteiger charge is 2.52. The minimum absolute atomic E-state index is 0.134. The maximum Gasteiger partial charge on any atom is 0.330 e. The van der Waals surface area contributed by atoms with Gasteiger partial charge in [-0.15, -0.1) is 0 Å². The first kappa shape index (κ1) is 43.6. The Hall–Kier alpha value is -4.00. The van der Waals surface area contributed by atoms with Crippen molar-refractivity contribution in [2.75, 3.05) is 40.5 Å². The molecule has 1 aromatic heterocycles. The van der Waals surface area contributed by atoms with Gasteiger partial charge in [-0.05, 0) is 77.3 Å². The Labute approximate surface area is 346 Å². The molecule has 11 heteroatoms. The SMILES string of the molecule is COc1ccc(C(OC[C@]2(CO[Si](C(C)C)(C(C)C)C(C)C)CN(C3CCCCC3)C[C@H](n3cc(C)c(=O)[nH]c3=O)O2)(c2ccccc2)c2ccc(OC)cc2)cc1. The molecule has 0 radical (unpaired) electrons. The summed E-state index contributed by atoms with van der Waals surface area (Å²) in [6.45, 7) is 17.0. The third-order valence-electron chi connectivity index (χ3n) is 12.8. The van der Waals surface area contributed by atoms with Gasteiger partial charge in [0.15, 0.2) is 14.5 Å². The van der Waals surface area contributed by atoms with Crippen molar-refractivity contribution in [3.63, 3.8) is 0 Å². The second kappa shape index (κ2) is 18.5. The fourth-order valence-electron chi connectivity index (χ4n) is 9.94. The number of morpholine rings is 1. The summed E-state index contributed by atoms with van der Waals surface area (Å²) < 4.78 is 35.4. The van der Waals surface area contributed by atoms with E-state index < -0.39 is 37.0 Å². The number of nitrogens with one attached hydrogen (secondary N) is 1. The van der Waals surface area contributed by atoms with Crippen molar-refractivity contribution in [3.8, 4) is 11.5 Å². The molecule has 4 aromatic rings. The lowest BCUT2D eigenvalue weighted by Gasteiger charge is -2.52. The second-order valence-corrected chi connectivity index (χ2v) is 22.8. The molecule has 2 aliphatic rings. The fourth-order valence-corrected chi connectivity index (χ4v) is 15.5. The van der Waals surface area contributed by atoms with Gasteiger partial charge in [-0.3, -0.25) is 19.2 Å². The number of aryl methyl sites for hydroxylation is 1. The zero-order valence-corrected chi connectivity index (χ0v) is 37.1. The van der Waals surface area contributed by atoms with Crippen molar-refractivity contribution < 1.29 is 23.4 Å². The highest BCUT2D eigenvalue weighted by atomic mass is 28.4. The van der Waals surface area contributed by atoms with Gasteiger partial charge >= 0.3 is 5.69 Å². The molecule has 2 heterocycles. The number of aromatic amines is 1. The topological polar surface area (TPSA) is 104 Å². The Balaban J connectivity index is 1.56. The van der Waals surface area contributed by atoms with Crippen LogP contribution in [0.3, 0.4) is 0 Å². The molecule has 1 aliphatic carbocycles. The third-order valence-corrected chi connectivity index (χ3v) is 18.9. The predicted octanol–water partition coefficient (Wildman–Crippen LogP) is 8.97. The molecular weight excluding hydrogens is 747 g/mol. The quantitative estimate of drug-likeness (QED) is 0.0884. The van der Waals surface area contributed by atoms with Crippen LogP contribution in [0.2, 0.25) is 16.6 Å². The molecule has 0 spiro atoms. The van der Waals surface area contributed by atoms with Gasteiger partial charge in [-0.25, -0.2) is 4.79 Å². The first-order valence-electron chi connectivity index (χ1n) is 21.1. The molecule has 1 saturated carbocycles. The highest BCUT2D eigenvalue weighted by Crippen LogP contribution is 2.46. The molecule has 1 N–H and O–H groups in total. The number of hydrogen-bond acceptors (Lipinski definition) is 8. The molecule has 10 nitrogen and oxygen atoms in total. The Bertz CT molecular complexity index is 1970. The van der Waals surface area contributed by atoms with Gasteiger partial charge in [0.05, 0.1) is 27.4 Å². The van der Waals surface area contributed by atoms with E-state index >= 15 is 0 Å². The van der Waals surface area contributed by atoms with Crippen LogP contribution in [0.15, 0.2) is 94.6 Å². The summed E-state index contributed by atoms with van der Waals surface area (Å²) in [7, 11) is 0.903. The summed E-state index contributed by atoms with van der Waals surface area (Å²) in [5.41, 5.74) is 1.22. The Kier molecular flexibility index (Phi) is 13.9. The number of aromatic nitrogens is 2. The molecule has 0 amide bonds. The van der Waals surface area contributed by atoms with Crippen molar-refractivity contribution in [1.82, 2.24) is 14.5 Å². The van der Waals surface area contributed by atoms with Gasteiger partial charge in [0.2, 0.25) is 0 Å². The normalized spacial score (nSPS) is 19.9. The summed E-state index contributed by atoms with van der Waals surface area (Å²) >= 11 is 0. The van der Waals surface area contributed by atoms with Gasteiger partial charge in [0, 0.05) is 30.9 Å². The standard InChI is InChI=1S/C47H65N3O7Si/c1-33(2)58(34(3)4,35(5)6)56-32-46(30-49(40-18-14-11-15-19-40)29-43(57-46)50-28-36(7)44(51)48-45(50)52)31-55-47(37-16-12-10-13-17-37,38-20-24-41(53-8)25-21-38)39-22-26-42(54-9)27-23-39/h10,12-13,16-17,20-28,33-35,40,43H,11,14-15,18-19,29-32H2,1-9H3,(H,48,51,52)/t43-,46+/m1/s1. The largest absolute Gasteiger partial charge is 0.497 e. The number of rotatable bonds is 16. The summed E-state index contributed by atoms with van der Waals surface area (Å²) in [6.07, 6.45) is 6.60. The number of H-pyrrole nitrogens is 1. The fraction of sp³-hybridized carbons (Fsp3) is 0.532. The predicted molar refractivity (Wildman–Crippen MR) is 233 cm³/mol. The molecule has 2 fully saturated rings. The first-order valence-corrected chi connectivity index (χ1v) is 23.3. The molecule has 1 saturated heterocycles. The van der Waals surface area contributed by atoms with Crippen LogP contribution in [0.4, 0.5) is 0 Å². The zero-order valence-electron chi connectivity index (χ0n) is 36.1. The second-order valence-electron chi connectivity index (χ2n) is 17.4. The first-order chi connectivity index (χ1) is 27.8. The van der Waals surface area contributed by atoms with Gasteiger partial charge < -0.3 is 23.4 Å². The van der Waals surface area contributed by atoms with Gasteiger partial charge in [-0.1, -0.05) is 115 Å². The minimum Gasteiger partial charge on any atom is -0.497 e. The maximum absolute atomic E-state index is 13.7. The Morgan fingerprint density at radius 1 is 0.776 bits per heavy atom. The van der Waals surface area contributed by atoms with Crippen molar-refractivity contribution in [1.29, 1.82) is 0 Å². The molecule has 6 rings (SSSR count). The molecular formula is C47H65N3O7Si. The van der Waals surface area contributed by atoms with Gasteiger partial charge in [0.25, 0.3) is 5.56 Å². The lowest BCUT2D eigenvalue weighted by Crippen LogP contribution is -2.64. The number of hydrogen-bond donors (Lipinski definition) is 1. The summed E-state index contributed by atoms with van der Waals surface area (Å²) in [6, 6.07) is 26.7. The molecule has 3 aromatic carbocycles. The molecule has 58 heavy (non-hydrogen) atoms. The van der Waals surface area contributed by atoms with E-state index in [1.54, 1.807) is 31.9 Å². The van der Waals surface area contributed by atoms with Crippen molar-refractivity contribution in [3.05, 3.63) is 128 Å². The summed E-state index contributed by atoms with van der Waals surface area (Å²) in [5.74, 6) is 1.48. The summed E-state index contributed by atoms with van der Waals surface area (Å²) in [5, 5.41) is 0. The van der Waals surface area contributed by atoms with Crippen LogP contribution in [0, 0.1) is 6.92 Å². The number of nitrogens with zero attached hydrogens (tertiary/aromatic N) is 2. The van der Waals surface area contributed by atoms with Crippen LogP contribution < -0.4 is 20.7 Å². The highest BCUT2D eigenvalue weighted by molar-refractivity contribution is 6.77. The van der Waals surface area contributed by atoms with E-state index in [-0.39, 0.29) is 13.2 Å². The van der Waals surface area contributed by atoms with Crippen LogP contribution in [0.1, 0.15) is 102 Å². The Morgan fingerprint density at radius 2 is 1.31 bits per heavy atom. The van der Waals surface area contributed by atoms with E-state index in [0.717, 1.165) is 53.9 Å².